The van der Waals surface area contributed by atoms with Crippen LogP contribution in [-0.4, -0.2) is 25.8 Å². The summed E-state index contributed by atoms with van der Waals surface area (Å²) in [7, 11) is 3.02. The molecule has 0 aliphatic heterocycles. The van der Waals surface area contributed by atoms with Crippen molar-refractivity contribution in [3.8, 4) is 11.8 Å². The minimum absolute atomic E-state index is 0.266. The standard InChI is InChI=1S/C20H22N2O2.3C2H6/c1-14-12-17(11-10-16-8-6-5-7-9-16)18(13-15(14)2)19(22-24-4)20(23)21-3;3*1-2/h5-9H,12-13H2,1-4H3,(H,21,23);3*1-2H3/b22-19+;;;. The Morgan fingerprint density at radius 2 is 1.47 bits per heavy atom. The van der Waals surface area contributed by atoms with Crippen molar-refractivity contribution in [2.75, 3.05) is 14.2 Å². The van der Waals surface area contributed by atoms with Crippen molar-refractivity contribution in [1.29, 1.82) is 0 Å². The molecule has 0 unspecified atom stereocenters. The molecule has 1 aromatic carbocycles. The average Bonchev–Trinajstić information content (AvgIpc) is 2.82. The van der Waals surface area contributed by atoms with E-state index in [-0.39, 0.29) is 5.91 Å². The summed E-state index contributed by atoms with van der Waals surface area (Å²) in [5.41, 5.74) is 5.51. The molecule has 0 saturated carbocycles. The van der Waals surface area contributed by atoms with Crippen molar-refractivity contribution in [2.24, 2.45) is 5.16 Å². The van der Waals surface area contributed by atoms with Gasteiger partial charge in [0.2, 0.25) is 0 Å². The largest absolute Gasteiger partial charge is 0.398 e. The summed E-state index contributed by atoms with van der Waals surface area (Å²) in [6.07, 6.45) is 1.38. The Morgan fingerprint density at radius 1 is 0.933 bits per heavy atom. The summed E-state index contributed by atoms with van der Waals surface area (Å²) < 4.78 is 0. The van der Waals surface area contributed by atoms with Gasteiger partial charge in [0.25, 0.3) is 5.91 Å². The fraction of sp³-hybridized carbons (Fsp3) is 0.462. The summed E-state index contributed by atoms with van der Waals surface area (Å²) in [5.74, 6) is 6.15. The van der Waals surface area contributed by atoms with Gasteiger partial charge in [0, 0.05) is 30.2 Å². The Labute approximate surface area is 184 Å². The molecule has 1 aliphatic carbocycles. The van der Waals surface area contributed by atoms with Crippen molar-refractivity contribution < 1.29 is 9.63 Å². The van der Waals surface area contributed by atoms with E-state index in [1.165, 1.54) is 18.3 Å². The van der Waals surface area contributed by atoms with Crippen LogP contribution in [0.25, 0.3) is 0 Å². The van der Waals surface area contributed by atoms with Crippen molar-refractivity contribution in [2.45, 2.75) is 68.2 Å². The average molecular weight is 413 g/mol. The second-order valence-electron chi connectivity index (χ2n) is 5.69. The minimum atomic E-state index is -0.266. The molecule has 4 nitrogen and oxygen atoms in total. The van der Waals surface area contributed by atoms with Crippen LogP contribution in [0, 0.1) is 11.8 Å². The zero-order valence-corrected chi connectivity index (χ0v) is 20.6. The molecule has 0 spiro atoms. The van der Waals surface area contributed by atoms with E-state index in [1.807, 2.05) is 71.9 Å². The van der Waals surface area contributed by atoms with Gasteiger partial charge in [-0.15, -0.1) is 0 Å². The summed E-state index contributed by atoms with van der Waals surface area (Å²) in [5, 5.41) is 6.56. The number of carbonyl (C=O) groups excluding carboxylic acids is 1. The third kappa shape index (κ3) is 9.60. The molecular formula is C26H40N2O2. The van der Waals surface area contributed by atoms with Crippen molar-refractivity contribution in [3.63, 3.8) is 0 Å². The first-order chi connectivity index (χ1) is 14.6. The zero-order chi connectivity index (χ0) is 23.5. The molecule has 0 aromatic heterocycles. The number of hydrogen-bond acceptors (Lipinski definition) is 3. The summed E-state index contributed by atoms with van der Waals surface area (Å²) in [4.78, 5) is 17.1. The molecule has 30 heavy (non-hydrogen) atoms. The highest BCUT2D eigenvalue weighted by atomic mass is 16.6. The first kappa shape index (κ1) is 29.4. The van der Waals surface area contributed by atoms with Crippen LogP contribution >= 0.6 is 0 Å². The topological polar surface area (TPSA) is 50.7 Å². The molecule has 0 fully saturated rings. The normalized spacial score (nSPS) is 12.5. The smallest absolute Gasteiger partial charge is 0.273 e. The molecule has 4 heteroatoms. The van der Waals surface area contributed by atoms with Gasteiger partial charge in [-0.2, -0.15) is 0 Å². The summed E-state index contributed by atoms with van der Waals surface area (Å²) in [6, 6.07) is 9.80. The van der Waals surface area contributed by atoms with Crippen molar-refractivity contribution in [1.82, 2.24) is 5.32 Å². The van der Waals surface area contributed by atoms with Gasteiger partial charge in [-0.3, -0.25) is 4.79 Å². The van der Waals surface area contributed by atoms with Crippen LogP contribution in [0.3, 0.4) is 0 Å². The molecule has 0 heterocycles. The van der Waals surface area contributed by atoms with Crippen LogP contribution in [0.2, 0.25) is 0 Å². The molecule has 1 aromatic rings. The molecule has 0 radical (unpaired) electrons. The van der Waals surface area contributed by atoms with Gasteiger partial charge in [0.1, 0.15) is 7.11 Å². The Balaban J connectivity index is 0. The minimum Gasteiger partial charge on any atom is -0.398 e. The Kier molecular flexibility index (Phi) is 17.9. The van der Waals surface area contributed by atoms with Crippen molar-refractivity contribution in [3.05, 3.63) is 58.2 Å². The van der Waals surface area contributed by atoms with Crippen LogP contribution in [0.4, 0.5) is 0 Å². The van der Waals surface area contributed by atoms with E-state index >= 15 is 0 Å². The van der Waals surface area contributed by atoms with Crippen LogP contribution in [0.15, 0.2) is 57.8 Å². The molecule has 0 atom stereocenters. The van der Waals surface area contributed by atoms with Crippen LogP contribution < -0.4 is 5.32 Å². The molecule has 166 valence electrons. The highest BCUT2D eigenvalue weighted by Gasteiger charge is 2.24. The molecule has 1 amide bonds. The molecule has 1 aliphatic rings. The van der Waals surface area contributed by atoms with E-state index in [0.717, 1.165) is 23.1 Å². The molecular weight excluding hydrogens is 372 g/mol. The van der Waals surface area contributed by atoms with E-state index in [9.17, 15) is 4.79 Å². The van der Waals surface area contributed by atoms with E-state index in [2.05, 4.69) is 36.2 Å². The van der Waals surface area contributed by atoms with Gasteiger partial charge in [0.05, 0.1) is 0 Å². The van der Waals surface area contributed by atoms with E-state index in [4.69, 9.17) is 4.84 Å². The number of oxime groups is 1. The highest BCUT2D eigenvalue weighted by molar-refractivity contribution is 6.45. The van der Waals surface area contributed by atoms with Gasteiger partial charge in [-0.1, -0.05) is 87.9 Å². The number of rotatable bonds is 3. The van der Waals surface area contributed by atoms with Gasteiger partial charge in [-0.25, -0.2) is 0 Å². The maximum Gasteiger partial charge on any atom is 0.273 e. The predicted molar refractivity (Wildman–Crippen MR) is 131 cm³/mol. The first-order valence-corrected chi connectivity index (χ1v) is 10.8. The van der Waals surface area contributed by atoms with Crippen molar-refractivity contribution >= 4 is 11.6 Å². The third-order valence-corrected chi connectivity index (χ3v) is 4.02. The van der Waals surface area contributed by atoms with Gasteiger partial charge in [-0.05, 0) is 32.4 Å². The Hall–Kier alpha value is -2.80. The number of nitrogens with zero attached hydrogens (tertiary/aromatic N) is 1. The van der Waals surface area contributed by atoms with Crippen LogP contribution in [0.5, 0.6) is 0 Å². The fourth-order valence-corrected chi connectivity index (χ4v) is 2.50. The maximum absolute atomic E-state index is 12.2. The van der Waals surface area contributed by atoms with Gasteiger partial charge in [0.15, 0.2) is 5.71 Å². The molecule has 0 saturated heterocycles. The summed E-state index contributed by atoms with van der Waals surface area (Å²) in [6.45, 7) is 16.2. The third-order valence-electron chi connectivity index (χ3n) is 4.02. The molecule has 1 N–H and O–H groups in total. The predicted octanol–water partition coefficient (Wildman–Crippen LogP) is 6.29. The lowest BCUT2D eigenvalue weighted by atomic mass is 9.85. The number of nitrogens with one attached hydrogen (secondary N) is 1. The maximum atomic E-state index is 12.2. The van der Waals surface area contributed by atoms with Gasteiger partial charge < -0.3 is 10.2 Å². The molecule has 2 rings (SSSR count). The second-order valence-corrected chi connectivity index (χ2v) is 5.69. The highest BCUT2D eigenvalue weighted by Crippen LogP contribution is 2.30. The monoisotopic (exact) mass is 412 g/mol. The lowest BCUT2D eigenvalue weighted by Gasteiger charge is -2.20. The first-order valence-electron chi connectivity index (χ1n) is 10.8. The second kappa shape index (κ2) is 18.2. The van der Waals surface area contributed by atoms with E-state index < -0.39 is 0 Å². The summed E-state index contributed by atoms with van der Waals surface area (Å²) >= 11 is 0. The Bertz CT molecular complexity index is 776. The number of hydrogen-bond donors (Lipinski definition) is 1. The number of amides is 1. The quantitative estimate of drug-likeness (QED) is 0.274. The number of benzene rings is 1. The lowest BCUT2D eigenvalue weighted by molar-refractivity contribution is -0.114. The lowest BCUT2D eigenvalue weighted by Crippen LogP contribution is -2.30. The molecule has 0 bridgehead atoms. The Morgan fingerprint density at radius 3 is 1.97 bits per heavy atom. The zero-order valence-electron chi connectivity index (χ0n) is 20.6. The van der Waals surface area contributed by atoms with E-state index in [0.29, 0.717) is 12.1 Å². The van der Waals surface area contributed by atoms with Crippen LogP contribution in [0.1, 0.15) is 73.8 Å². The fourth-order valence-electron chi connectivity index (χ4n) is 2.50. The number of carbonyl (C=O) groups is 1. The van der Waals surface area contributed by atoms with Gasteiger partial charge >= 0.3 is 0 Å². The number of allylic oxidation sites excluding steroid dienone is 3. The SMILES string of the molecule is CC.CC.CC.CNC(=O)/C(=N/OC)C1=C(C#Cc2ccccc2)CC(C)=C(C)C1. The van der Waals surface area contributed by atoms with Crippen LogP contribution in [-0.2, 0) is 9.63 Å². The van der Waals surface area contributed by atoms with E-state index in [1.54, 1.807) is 7.05 Å².